The van der Waals surface area contributed by atoms with Crippen molar-refractivity contribution in [2.24, 2.45) is 11.8 Å². The van der Waals surface area contributed by atoms with Crippen LogP contribution in [0.5, 0.6) is 0 Å². The lowest BCUT2D eigenvalue weighted by molar-refractivity contribution is 0.0409. The molecule has 2 amide bonds. The first-order valence-corrected chi connectivity index (χ1v) is 9.11. The van der Waals surface area contributed by atoms with Crippen molar-refractivity contribution in [2.75, 3.05) is 0 Å². The molecule has 2 aliphatic rings. The molecule has 0 saturated heterocycles. The second-order valence-electron chi connectivity index (χ2n) is 8.20. The third-order valence-corrected chi connectivity index (χ3v) is 5.18. The van der Waals surface area contributed by atoms with Crippen molar-refractivity contribution >= 4 is 17.8 Å². The van der Waals surface area contributed by atoms with E-state index in [-0.39, 0.29) is 29.7 Å². The first-order valence-electron chi connectivity index (χ1n) is 9.11. The highest BCUT2D eigenvalue weighted by Gasteiger charge is 2.45. The molecule has 1 aliphatic heterocycles. The summed E-state index contributed by atoms with van der Waals surface area (Å²) in [5, 5.41) is 5.94. The quantitative estimate of drug-likeness (QED) is 0.808. The minimum absolute atomic E-state index is 0.0755. The number of benzene rings is 1. The summed E-state index contributed by atoms with van der Waals surface area (Å²) in [4.78, 5) is 38.0. The molecule has 1 aromatic rings. The van der Waals surface area contributed by atoms with Crippen LogP contribution in [0.2, 0.25) is 0 Å². The van der Waals surface area contributed by atoms with Gasteiger partial charge in [-0.25, -0.2) is 4.79 Å². The van der Waals surface area contributed by atoms with Gasteiger partial charge >= 0.3 is 6.09 Å². The number of rotatable bonds is 1. The van der Waals surface area contributed by atoms with E-state index in [2.05, 4.69) is 10.6 Å². The lowest BCUT2D eigenvalue weighted by Gasteiger charge is -2.42. The Kier molecular flexibility index (Phi) is 4.78. The van der Waals surface area contributed by atoms with E-state index in [0.717, 1.165) is 0 Å². The SMILES string of the molecule is C[C@H]1C2C(=O)c3ccccc3C(=O)N[C@@H]1CC[C@@H]2NC(=O)OC(C)(C)C. The Balaban J connectivity index is 1.91. The molecule has 1 fully saturated rings. The average Bonchev–Trinajstić information content (AvgIpc) is 2.54. The Morgan fingerprint density at radius 1 is 1.15 bits per heavy atom. The van der Waals surface area contributed by atoms with Gasteiger partial charge in [-0.05, 0) is 45.6 Å². The van der Waals surface area contributed by atoms with Crippen LogP contribution >= 0.6 is 0 Å². The number of fused-ring (bicyclic) bond motifs is 3. The van der Waals surface area contributed by atoms with E-state index in [1.807, 2.05) is 6.92 Å². The van der Waals surface area contributed by atoms with Crippen molar-refractivity contribution in [3.8, 4) is 0 Å². The van der Waals surface area contributed by atoms with Crippen LogP contribution < -0.4 is 10.6 Å². The van der Waals surface area contributed by atoms with Crippen molar-refractivity contribution < 1.29 is 19.1 Å². The van der Waals surface area contributed by atoms with Gasteiger partial charge in [-0.1, -0.05) is 25.1 Å². The smallest absolute Gasteiger partial charge is 0.407 e. The largest absolute Gasteiger partial charge is 0.444 e. The lowest BCUT2D eigenvalue weighted by Crippen LogP contribution is -2.57. The van der Waals surface area contributed by atoms with Gasteiger partial charge in [0.25, 0.3) is 5.91 Å². The van der Waals surface area contributed by atoms with Gasteiger partial charge in [-0.3, -0.25) is 9.59 Å². The zero-order valence-electron chi connectivity index (χ0n) is 15.7. The highest BCUT2D eigenvalue weighted by atomic mass is 16.6. The number of nitrogens with one attached hydrogen (secondary N) is 2. The minimum atomic E-state index is -0.599. The zero-order valence-corrected chi connectivity index (χ0v) is 15.7. The normalized spacial score (nSPS) is 28.3. The van der Waals surface area contributed by atoms with E-state index in [0.29, 0.717) is 24.0 Å². The first kappa shape index (κ1) is 18.4. The molecule has 140 valence electrons. The number of amides is 2. The molecule has 3 rings (SSSR count). The molecule has 26 heavy (non-hydrogen) atoms. The summed E-state index contributed by atoms with van der Waals surface area (Å²) in [6, 6.07) is 6.47. The second-order valence-corrected chi connectivity index (χ2v) is 8.20. The summed E-state index contributed by atoms with van der Waals surface area (Å²) in [5.41, 5.74) is 0.216. The van der Waals surface area contributed by atoms with E-state index < -0.39 is 17.6 Å². The molecule has 6 heteroatoms. The fourth-order valence-electron chi connectivity index (χ4n) is 3.99. The molecular formula is C20H26N2O4. The molecule has 1 unspecified atom stereocenters. The fraction of sp³-hybridized carbons (Fsp3) is 0.550. The van der Waals surface area contributed by atoms with Gasteiger partial charge in [0.15, 0.2) is 5.78 Å². The summed E-state index contributed by atoms with van der Waals surface area (Å²) >= 11 is 0. The number of Topliss-reactive ketones (excluding diaryl/α,β-unsaturated/α-hetero) is 1. The van der Waals surface area contributed by atoms with Gasteiger partial charge in [0.05, 0.1) is 5.56 Å². The molecule has 0 spiro atoms. The Bertz CT molecular complexity index is 738. The van der Waals surface area contributed by atoms with E-state index in [4.69, 9.17) is 4.74 Å². The van der Waals surface area contributed by atoms with Crippen LogP contribution in [0.3, 0.4) is 0 Å². The molecule has 1 saturated carbocycles. The molecule has 1 aliphatic carbocycles. The molecule has 1 heterocycles. The van der Waals surface area contributed by atoms with Gasteiger partial charge < -0.3 is 15.4 Å². The number of ether oxygens (including phenoxy) is 1. The van der Waals surface area contributed by atoms with Crippen LogP contribution in [-0.4, -0.2) is 35.5 Å². The van der Waals surface area contributed by atoms with Crippen molar-refractivity contribution in [2.45, 2.75) is 58.2 Å². The number of alkyl carbamates (subject to hydrolysis) is 1. The van der Waals surface area contributed by atoms with Gasteiger partial charge in [0.1, 0.15) is 5.60 Å². The van der Waals surface area contributed by atoms with Crippen molar-refractivity contribution in [3.63, 3.8) is 0 Å². The number of ketones is 1. The maximum Gasteiger partial charge on any atom is 0.407 e. The maximum atomic E-state index is 13.3. The monoisotopic (exact) mass is 358 g/mol. The van der Waals surface area contributed by atoms with Crippen molar-refractivity contribution in [1.82, 2.24) is 10.6 Å². The Morgan fingerprint density at radius 3 is 2.46 bits per heavy atom. The zero-order chi connectivity index (χ0) is 19.1. The third-order valence-electron chi connectivity index (χ3n) is 5.18. The topological polar surface area (TPSA) is 84.5 Å². The number of carbonyl (C=O) groups excluding carboxylic acids is 3. The van der Waals surface area contributed by atoms with E-state index in [1.54, 1.807) is 45.0 Å². The molecule has 0 radical (unpaired) electrons. The molecule has 1 aromatic carbocycles. The molecule has 6 nitrogen and oxygen atoms in total. The summed E-state index contributed by atoms with van der Waals surface area (Å²) in [6.45, 7) is 7.38. The summed E-state index contributed by atoms with van der Waals surface area (Å²) < 4.78 is 5.36. The van der Waals surface area contributed by atoms with Crippen LogP contribution in [0.4, 0.5) is 4.79 Å². The van der Waals surface area contributed by atoms with E-state index in [1.165, 1.54) is 0 Å². The second kappa shape index (κ2) is 6.74. The van der Waals surface area contributed by atoms with Crippen LogP contribution in [-0.2, 0) is 4.74 Å². The van der Waals surface area contributed by atoms with Crippen LogP contribution in [0, 0.1) is 11.8 Å². The number of hydrogen-bond acceptors (Lipinski definition) is 4. The van der Waals surface area contributed by atoms with Crippen molar-refractivity contribution in [3.05, 3.63) is 35.4 Å². The Morgan fingerprint density at radius 2 is 1.81 bits per heavy atom. The highest BCUT2D eigenvalue weighted by Crippen LogP contribution is 2.35. The number of hydrogen-bond donors (Lipinski definition) is 2. The van der Waals surface area contributed by atoms with Gasteiger partial charge in [-0.2, -0.15) is 0 Å². The predicted molar refractivity (Wildman–Crippen MR) is 97.1 cm³/mol. The molecule has 4 atom stereocenters. The highest BCUT2D eigenvalue weighted by molar-refractivity contribution is 6.10. The molecular weight excluding hydrogens is 332 g/mol. The maximum absolute atomic E-state index is 13.3. The molecule has 2 N–H and O–H groups in total. The molecule has 0 aromatic heterocycles. The fourth-order valence-corrected chi connectivity index (χ4v) is 3.99. The molecule has 2 bridgehead atoms. The Labute approximate surface area is 153 Å². The van der Waals surface area contributed by atoms with E-state index in [9.17, 15) is 14.4 Å². The van der Waals surface area contributed by atoms with Crippen LogP contribution in [0.15, 0.2) is 24.3 Å². The van der Waals surface area contributed by atoms with Gasteiger partial charge in [0, 0.05) is 23.6 Å². The summed E-state index contributed by atoms with van der Waals surface area (Å²) in [5.74, 6) is -0.770. The lowest BCUT2D eigenvalue weighted by atomic mass is 9.69. The average molecular weight is 358 g/mol. The summed E-state index contributed by atoms with van der Waals surface area (Å²) in [7, 11) is 0. The first-order chi connectivity index (χ1) is 12.2. The van der Waals surface area contributed by atoms with E-state index >= 15 is 0 Å². The van der Waals surface area contributed by atoms with Crippen molar-refractivity contribution in [1.29, 1.82) is 0 Å². The standard InChI is InChI=1S/C20H26N2O4/c1-11-14-9-10-15(22-19(25)26-20(2,3)4)16(11)17(23)12-7-5-6-8-13(12)18(24)21-14/h5-8,11,14-16H,9-10H2,1-4H3,(H,21,24)(H,22,25)/t11-,14-,15+,16?/m1/s1. The number of carbonyl (C=O) groups is 3. The summed E-state index contributed by atoms with van der Waals surface area (Å²) in [6.07, 6.45) is 0.812. The van der Waals surface area contributed by atoms with Gasteiger partial charge in [-0.15, -0.1) is 0 Å². The minimum Gasteiger partial charge on any atom is -0.444 e. The Hall–Kier alpha value is -2.37. The third kappa shape index (κ3) is 3.59. The van der Waals surface area contributed by atoms with Crippen LogP contribution in [0.1, 0.15) is 61.3 Å². The van der Waals surface area contributed by atoms with Crippen LogP contribution in [0.25, 0.3) is 0 Å². The predicted octanol–water partition coefficient (Wildman–Crippen LogP) is 2.92. The van der Waals surface area contributed by atoms with Gasteiger partial charge in [0.2, 0.25) is 0 Å².